The van der Waals surface area contributed by atoms with Crippen molar-refractivity contribution >= 4 is 21.7 Å². The first-order chi connectivity index (χ1) is 15.2. The number of aromatic amines is 1. The second-order valence-corrected chi connectivity index (χ2v) is 9.03. The van der Waals surface area contributed by atoms with Crippen LogP contribution in [0.25, 0.3) is 21.7 Å². The maximum absolute atomic E-state index is 12.8. The molecule has 5 heteroatoms. The lowest BCUT2D eigenvalue weighted by Gasteiger charge is -2.40. The van der Waals surface area contributed by atoms with Crippen molar-refractivity contribution in [3.05, 3.63) is 93.1 Å². The van der Waals surface area contributed by atoms with Gasteiger partial charge in [-0.3, -0.25) is 9.36 Å². The number of aromatic nitrogens is 2. The Bertz CT molecular complexity index is 1400. The number of likely N-dealkylation sites (tertiary alicyclic amines) is 1. The molecule has 156 valence electrons. The third kappa shape index (κ3) is 3.03. The fourth-order valence-electron chi connectivity index (χ4n) is 5.76. The first-order valence-corrected chi connectivity index (χ1v) is 11.1. The Labute approximate surface area is 179 Å². The summed E-state index contributed by atoms with van der Waals surface area (Å²) in [7, 11) is 0. The number of nitrogens with one attached hydrogen (secondary N) is 1. The van der Waals surface area contributed by atoms with Crippen LogP contribution in [0.3, 0.4) is 0 Å². The van der Waals surface area contributed by atoms with E-state index in [4.69, 9.17) is 0 Å². The number of H-pyrrole nitrogens is 1. The van der Waals surface area contributed by atoms with Gasteiger partial charge in [0, 0.05) is 26.2 Å². The van der Waals surface area contributed by atoms with E-state index in [-0.39, 0.29) is 11.2 Å². The maximum Gasteiger partial charge on any atom is 0.328 e. The molecule has 1 aliphatic carbocycles. The Balaban J connectivity index is 1.19. The van der Waals surface area contributed by atoms with Gasteiger partial charge in [0.25, 0.3) is 5.56 Å². The molecule has 1 saturated carbocycles. The summed E-state index contributed by atoms with van der Waals surface area (Å²) in [6.07, 6.45) is 1.23. The van der Waals surface area contributed by atoms with Gasteiger partial charge in [0.05, 0.1) is 10.9 Å². The number of rotatable bonds is 4. The minimum absolute atomic E-state index is 0.199. The molecule has 1 aliphatic heterocycles. The molecule has 1 N–H and O–H groups in total. The molecule has 2 fully saturated rings. The van der Waals surface area contributed by atoms with E-state index in [9.17, 15) is 9.59 Å². The molecule has 5 nitrogen and oxygen atoms in total. The Morgan fingerprint density at radius 2 is 1.61 bits per heavy atom. The zero-order chi connectivity index (χ0) is 20.9. The van der Waals surface area contributed by atoms with Crippen LogP contribution in [0.1, 0.15) is 17.9 Å². The molecule has 31 heavy (non-hydrogen) atoms. The van der Waals surface area contributed by atoms with Crippen molar-refractivity contribution in [3.63, 3.8) is 0 Å². The van der Waals surface area contributed by atoms with E-state index in [2.05, 4.69) is 52.3 Å². The molecule has 3 atom stereocenters. The quantitative estimate of drug-likeness (QED) is 0.558. The van der Waals surface area contributed by atoms with Crippen molar-refractivity contribution in [3.8, 4) is 0 Å². The Kier molecular flexibility index (Phi) is 4.32. The predicted octanol–water partition coefficient (Wildman–Crippen LogP) is 3.58. The van der Waals surface area contributed by atoms with Gasteiger partial charge in [-0.15, -0.1) is 0 Å². The molecule has 3 aromatic carbocycles. The highest BCUT2D eigenvalue weighted by atomic mass is 16.2. The number of hydrogen-bond donors (Lipinski definition) is 1. The first-order valence-electron chi connectivity index (χ1n) is 11.1. The highest BCUT2D eigenvalue weighted by molar-refractivity contribution is 5.86. The van der Waals surface area contributed by atoms with Crippen molar-refractivity contribution in [2.45, 2.75) is 18.9 Å². The summed E-state index contributed by atoms with van der Waals surface area (Å²) in [6, 6.07) is 22.5. The van der Waals surface area contributed by atoms with Crippen molar-refractivity contribution in [1.29, 1.82) is 0 Å². The number of para-hydroxylation sites is 1. The number of fused-ring (bicyclic) bond motifs is 3. The van der Waals surface area contributed by atoms with Crippen LogP contribution in [-0.2, 0) is 6.54 Å². The lowest BCUT2D eigenvalue weighted by molar-refractivity contribution is 0.192. The van der Waals surface area contributed by atoms with Gasteiger partial charge in [0.2, 0.25) is 0 Å². The average molecular weight is 412 g/mol. The molecule has 6 rings (SSSR count). The highest BCUT2D eigenvalue weighted by Gasteiger charge is 2.47. The second-order valence-electron chi connectivity index (χ2n) is 9.03. The minimum Gasteiger partial charge on any atom is -0.307 e. The number of hydrogen-bond acceptors (Lipinski definition) is 3. The predicted molar refractivity (Wildman–Crippen MR) is 124 cm³/mol. The van der Waals surface area contributed by atoms with E-state index >= 15 is 0 Å². The SMILES string of the molecule is O=c1[nH]c2ccccc2c(=O)n1CCN1CC2CC(c3cccc4ccccc34)C2C1. The largest absolute Gasteiger partial charge is 0.328 e. The van der Waals surface area contributed by atoms with Crippen LogP contribution < -0.4 is 11.2 Å². The smallest absolute Gasteiger partial charge is 0.307 e. The summed E-state index contributed by atoms with van der Waals surface area (Å²) in [5, 5.41) is 3.26. The molecule has 2 heterocycles. The Morgan fingerprint density at radius 3 is 2.52 bits per heavy atom. The van der Waals surface area contributed by atoms with E-state index in [1.807, 2.05) is 12.1 Å². The molecule has 0 radical (unpaired) electrons. The lowest BCUT2D eigenvalue weighted by atomic mass is 9.63. The Hall–Kier alpha value is -3.18. The van der Waals surface area contributed by atoms with Crippen LogP contribution in [0.2, 0.25) is 0 Å². The summed E-state index contributed by atoms with van der Waals surface area (Å²) in [6.45, 7) is 3.26. The molecule has 1 saturated heterocycles. The van der Waals surface area contributed by atoms with E-state index < -0.39 is 0 Å². The third-order valence-corrected chi connectivity index (χ3v) is 7.39. The normalized spacial score (nSPS) is 23.2. The third-order valence-electron chi connectivity index (χ3n) is 7.39. The van der Waals surface area contributed by atoms with E-state index in [1.54, 1.807) is 12.1 Å². The van der Waals surface area contributed by atoms with E-state index in [1.165, 1.54) is 27.3 Å². The van der Waals surface area contributed by atoms with Gasteiger partial charge in [-0.25, -0.2) is 4.79 Å². The van der Waals surface area contributed by atoms with Crippen LogP contribution >= 0.6 is 0 Å². The van der Waals surface area contributed by atoms with Crippen molar-refractivity contribution in [2.75, 3.05) is 19.6 Å². The topological polar surface area (TPSA) is 58.1 Å². The van der Waals surface area contributed by atoms with Gasteiger partial charge in [-0.2, -0.15) is 0 Å². The van der Waals surface area contributed by atoms with Gasteiger partial charge >= 0.3 is 5.69 Å². The fourth-order valence-corrected chi connectivity index (χ4v) is 5.76. The maximum atomic E-state index is 12.8. The van der Waals surface area contributed by atoms with E-state index in [0.29, 0.717) is 29.3 Å². The van der Waals surface area contributed by atoms with Gasteiger partial charge in [0.1, 0.15) is 0 Å². The van der Waals surface area contributed by atoms with Crippen LogP contribution in [0.4, 0.5) is 0 Å². The van der Waals surface area contributed by atoms with E-state index in [0.717, 1.165) is 25.6 Å². The Morgan fingerprint density at radius 1 is 0.839 bits per heavy atom. The lowest BCUT2D eigenvalue weighted by Crippen LogP contribution is -2.38. The highest BCUT2D eigenvalue weighted by Crippen LogP contribution is 2.52. The summed E-state index contributed by atoms with van der Waals surface area (Å²) in [5.41, 5.74) is 1.56. The van der Waals surface area contributed by atoms with Gasteiger partial charge < -0.3 is 9.88 Å². The summed E-state index contributed by atoms with van der Waals surface area (Å²) < 4.78 is 1.35. The van der Waals surface area contributed by atoms with Crippen molar-refractivity contribution < 1.29 is 0 Å². The standard InChI is InChI=1S/C26H25N3O2/c30-25-21-9-3-4-11-24(21)27-26(31)29(25)13-12-28-15-18-14-22(23(18)16-28)20-10-5-7-17-6-1-2-8-19(17)20/h1-11,18,22-23H,12-16H2,(H,27,31). The van der Waals surface area contributed by atoms with Crippen molar-refractivity contribution in [1.82, 2.24) is 14.5 Å². The summed E-state index contributed by atoms with van der Waals surface area (Å²) in [5.74, 6) is 1.99. The monoisotopic (exact) mass is 411 g/mol. The average Bonchev–Trinajstić information content (AvgIpc) is 3.10. The van der Waals surface area contributed by atoms with Crippen LogP contribution in [0.15, 0.2) is 76.3 Å². The zero-order valence-corrected chi connectivity index (χ0v) is 17.3. The first kappa shape index (κ1) is 18.6. The molecule has 4 aromatic rings. The fraction of sp³-hybridized carbons (Fsp3) is 0.308. The second kappa shape index (κ2) is 7.20. The minimum atomic E-state index is -0.320. The van der Waals surface area contributed by atoms with Crippen LogP contribution in [-0.4, -0.2) is 34.1 Å². The molecule has 2 aliphatic rings. The number of benzene rings is 3. The van der Waals surface area contributed by atoms with Gasteiger partial charge in [0.15, 0.2) is 0 Å². The van der Waals surface area contributed by atoms with Crippen molar-refractivity contribution in [2.24, 2.45) is 11.8 Å². The molecular formula is C26H25N3O2. The molecule has 0 amide bonds. The zero-order valence-electron chi connectivity index (χ0n) is 17.3. The molecule has 0 spiro atoms. The number of nitrogens with zero attached hydrogens (tertiary/aromatic N) is 2. The van der Waals surface area contributed by atoms with Gasteiger partial charge in [-0.05, 0) is 52.6 Å². The van der Waals surface area contributed by atoms with Crippen LogP contribution in [0.5, 0.6) is 0 Å². The van der Waals surface area contributed by atoms with Crippen LogP contribution in [0, 0.1) is 11.8 Å². The summed E-state index contributed by atoms with van der Waals surface area (Å²) in [4.78, 5) is 30.5. The summed E-state index contributed by atoms with van der Waals surface area (Å²) >= 11 is 0. The van der Waals surface area contributed by atoms with Gasteiger partial charge in [-0.1, -0.05) is 54.6 Å². The molecule has 0 bridgehead atoms. The molecule has 3 unspecified atom stereocenters. The molecular weight excluding hydrogens is 386 g/mol. The molecule has 1 aromatic heterocycles.